The molecule has 1 amide bonds. The van der Waals surface area contributed by atoms with Crippen LogP contribution in [0.25, 0.3) is 0 Å². The van der Waals surface area contributed by atoms with Gasteiger partial charge in [-0.3, -0.25) is 4.79 Å². The Labute approximate surface area is 97.3 Å². The first-order valence-electron chi connectivity index (χ1n) is 6.33. The van der Waals surface area contributed by atoms with Crippen molar-refractivity contribution in [3.63, 3.8) is 0 Å². The van der Waals surface area contributed by atoms with Crippen LogP contribution in [0.4, 0.5) is 0 Å². The molecule has 92 valence electrons. The zero-order valence-electron chi connectivity index (χ0n) is 10.1. The lowest BCUT2D eigenvalue weighted by atomic mass is 10.0. The van der Waals surface area contributed by atoms with Crippen molar-refractivity contribution in [2.75, 3.05) is 26.8 Å². The second-order valence-corrected chi connectivity index (χ2v) is 4.92. The molecule has 4 heteroatoms. The van der Waals surface area contributed by atoms with Crippen LogP contribution >= 0.6 is 0 Å². The Kier molecular flexibility index (Phi) is 4.18. The summed E-state index contributed by atoms with van der Waals surface area (Å²) in [6, 6.07) is 1.06. The molecule has 2 rings (SSSR count). The first kappa shape index (κ1) is 11.9. The highest BCUT2D eigenvalue weighted by Gasteiger charge is 2.24. The number of ether oxygens (including phenoxy) is 1. The topological polar surface area (TPSA) is 41.6 Å². The van der Waals surface area contributed by atoms with Crippen LogP contribution in [0.1, 0.15) is 32.1 Å². The van der Waals surface area contributed by atoms with E-state index in [0.29, 0.717) is 18.5 Å². The Balaban J connectivity index is 1.78. The lowest BCUT2D eigenvalue weighted by Crippen LogP contribution is -2.49. The fourth-order valence-electron chi connectivity index (χ4n) is 2.55. The Morgan fingerprint density at radius 2 is 2.12 bits per heavy atom. The van der Waals surface area contributed by atoms with Gasteiger partial charge in [0.1, 0.15) is 0 Å². The molecule has 0 saturated carbocycles. The molecule has 2 unspecified atom stereocenters. The Hall–Kier alpha value is -0.610. The molecule has 4 nitrogen and oxygen atoms in total. The maximum atomic E-state index is 11.4. The van der Waals surface area contributed by atoms with Gasteiger partial charge < -0.3 is 15.0 Å². The molecule has 2 atom stereocenters. The largest absolute Gasteiger partial charge is 0.381 e. The van der Waals surface area contributed by atoms with E-state index in [9.17, 15) is 4.79 Å². The van der Waals surface area contributed by atoms with Crippen LogP contribution in [0.5, 0.6) is 0 Å². The average molecular weight is 226 g/mol. The molecule has 0 spiro atoms. The van der Waals surface area contributed by atoms with Crippen LogP contribution in [0.3, 0.4) is 0 Å². The first-order chi connectivity index (χ1) is 7.75. The molecular formula is C12H22N2O2. The number of rotatable bonds is 2. The number of hydrogen-bond acceptors (Lipinski definition) is 3. The van der Waals surface area contributed by atoms with Gasteiger partial charge in [0.25, 0.3) is 0 Å². The number of carbonyl (C=O) groups excluding carboxylic acids is 1. The van der Waals surface area contributed by atoms with Gasteiger partial charge in [-0.25, -0.2) is 0 Å². The van der Waals surface area contributed by atoms with Gasteiger partial charge in [-0.05, 0) is 25.7 Å². The minimum atomic E-state index is 0.280. The van der Waals surface area contributed by atoms with Crippen LogP contribution in [0, 0.1) is 0 Å². The minimum Gasteiger partial charge on any atom is -0.381 e. The number of piperidine rings is 1. The van der Waals surface area contributed by atoms with Crippen LogP contribution in [-0.4, -0.2) is 49.7 Å². The van der Waals surface area contributed by atoms with Gasteiger partial charge in [0, 0.05) is 45.3 Å². The van der Waals surface area contributed by atoms with Gasteiger partial charge in [-0.2, -0.15) is 0 Å². The predicted molar refractivity (Wildman–Crippen MR) is 62.3 cm³/mol. The fraction of sp³-hybridized carbons (Fsp3) is 0.917. The SMILES string of the molecule is CN1CC(NC2CCCOCC2)CCC1=O. The molecule has 2 fully saturated rings. The quantitative estimate of drug-likeness (QED) is 0.756. The highest BCUT2D eigenvalue weighted by Crippen LogP contribution is 2.14. The molecule has 1 N–H and O–H groups in total. The van der Waals surface area contributed by atoms with E-state index in [4.69, 9.17) is 4.74 Å². The highest BCUT2D eigenvalue weighted by molar-refractivity contribution is 5.76. The van der Waals surface area contributed by atoms with E-state index in [2.05, 4.69) is 5.32 Å². The second-order valence-electron chi connectivity index (χ2n) is 4.92. The van der Waals surface area contributed by atoms with E-state index in [1.54, 1.807) is 0 Å². The number of amides is 1. The summed E-state index contributed by atoms with van der Waals surface area (Å²) in [5.74, 6) is 0.280. The molecule has 0 bridgehead atoms. The van der Waals surface area contributed by atoms with Crippen molar-refractivity contribution in [2.45, 2.75) is 44.2 Å². The summed E-state index contributed by atoms with van der Waals surface area (Å²) in [6.45, 7) is 2.64. The van der Waals surface area contributed by atoms with Crippen LogP contribution in [0.2, 0.25) is 0 Å². The normalized spacial score (nSPS) is 32.6. The van der Waals surface area contributed by atoms with Gasteiger partial charge in [-0.1, -0.05) is 0 Å². The Bertz CT molecular complexity index is 237. The summed E-state index contributed by atoms with van der Waals surface area (Å²) in [4.78, 5) is 13.2. The molecule has 2 saturated heterocycles. The molecule has 2 aliphatic rings. The third kappa shape index (κ3) is 3.19. The number of nitrogens with zero attached hydrogens (tertiary/aromatic N) is 1. The fourth-order valence-corrected chi connectivity index (χ4v) is 2.55. The first-order valence-corrected chi connectivity index (χ1v) is 6.33. The lowest BCUT2D eigenvalue weighted by molar-refractivity contribution is -0.132. The maximum Gasteiger partial charge on any atom is 0.222 e. The van der Waals surface area contributed by atoms with Gasteiger partial charge in [0.15, 0.2) is 0 Å². The summed E-state index contributed by atoms with van der Waals surface area (Å²) in [7, 11) is 1.90. The molecule has 0 aromatic carbocycles. The monoisotopic (exact) mass is 226 g/mol. The number of nitrogens with one attached hydrogen (secondary N) is 1. The third-order valence-corrected chi connectivity index (χ3v) is 3.55. The molecule has 2 aliphatic heterocycles. The van der Waals surface area contributed by atoms with Crippen molar-refractivity contribution in [3.05, 3.63) is 0 Å². The molecule has 0 aromatic heterocycles. The van der Waals surface area contributed by atoms with E-state index < -0.39 is 0 Å². The van der Waals surface area contributed by atoms with Crippen molar-refractivity contribution in [1.29, 1.82) is 0 Å². The van der Waals surface area contributed by atoms with E-state index >= 15 is 0 Å². The number of hydrogen-bond donors (Lipinski definition) is 1. The van der Waals surface area contributed by atoms with Crippen molar-refractivity contribution in [2.24, 2.45) is 0 Å². The van der Waals surface area contributed by atoms with Gasteiger partial charge >= 0.3 is 0 Å². The number of likely N-dealkylation sites (N-methyl/N-ethyl adjacent to an activating group) is 1. The average Bonchev–Trinajstić information content (AvgIpc) is 2.52. The lowest BCUT2D eigenvalue weighted by Gasteiger charge is -2.32. The van der Waals surface area contributed by atoms with Crippen molar-refractivity contribution >= 4 is 5.91 Å². The van der Waals surface area contributed by atoms with E-state index in [0.717, 1.165) is 39.0 Å². The molecule has 0 radical (unpaired) electrons. The molecule has 0 aromatic rings. The summed E-state index contributed by atoms with van der Waals surface area (Å²) >= 11 is 0. The summed E-state index contributed by atoms with van der Waals surface area (Å²) < 4.78 is 5.45. The number of likely N-dealkylation sites (tertiary alicyclic amines) is 1. The number of carbonyl (C=O) groups is 1. The Morgan fingerprint density at radius 3 is 2.94 bits per heavy atom. The summed E-state index contributed by atoms with van der Waals surface area (Å²) in [5, 5.41) is 3.67. The van der Waals surface area contributed by atoms with Crippen LogP contribution < -0.4 is 5.32 Å². The van der Waals surface area contributed by atoms with Gasteiger partial charge in [0.2, 0.25) is 5.91 Å². The van der Waals surface area contributed by atoms with Crippen molar-refractivity contribution < 1.29 is 9.53 Å². The third-order valence-electron chi connectivity index (χ3n) is 3.55. The van der Waals surface area contributed by atoms with Crippen molar-refractivity contribution in [1.82, 2.24) is 10.2 Å². The zero-order valence-corrected chi connectivity index (χ0v) is 10.1. The smallest absolute Gasteiger partial charge is 0.222 e. The zero-order chi connectivity index (χ0) is 11.4. The minimum absolute atomic E-state index is 0.280. The van der Waals surface area contributed by atoms with E-state index in [1.165, 1.54) is 6.42 Å². The highest BCUT2D eigenvalue weighted by atomic mass is 16.5. The van der Waals surface area contributed by atoms with E-state index in [1.807, 2.05) is 11.9 Å². The summed E-state index contributed by atoms with van der Waals surface area (Å²) in [6.07, 6.45) is 5.14. The van der Waals surface area contributed by atoms with Crippen LogP contribution in [0.15, 0.2) is 0 Å². The van der Waals surface area contributed by atoms with Gasteiger partial charge in [0.05, 0.1) is 0 Å². The molecular weight excluding hydrogens is 204 g/mol. The maximum absolute atomic E-state index is 11.4. The molecule has 2 heterocycles. The summed E-state index contributed by atoms with van der Waals surface area (Å²) in [5.41, 5.74) is 0. The molecule has 0 aliphatic carbocycles. The standard InChI is InChI=1S/C12H22N2O2/c1-14-9-11(4-5-12(14)15)13-10-3-2-7-16-8-6-10/h10-11,13H,2-9H2,1H3. The van der Waals surface area contributed by atoms with Crippen molar-refractivity contribution in [3.8, 4) is 0 Å². The van der Waals surface area contributed by atoms with Crippen LogP contribution in [-0.2, 0) is 9.53 Å². The Morgan fingerprint density at radius 1 is 1.25 bits per heavy atom. The predicted octanol–water partition coefficient (Wildman–Crippen LogP) is 0.766. The molecule has 16 heavy (non-hydrogen) atoms. The second kappa shape index (κ2) is 5.64. The van der Waals surface area contributed by atoms with Gasteiger partial charge in [-0.15, -0.1) is 0 Å². The van der Waals surface area contributed by atoms with E-state index in [-0.39, 0.29) is 5.91 Å².